The van der Waals surface area contributed by atoms with Crippen LogP contribution in [0.15, 0.2) is 0 Å². The quantitative estimate of drug-likeness (QED) is 0.518. The van der Waals surface area contributed by atoms with Gasteiger partial charge in [0, 0.05) is 7.11 Å². The summed E-state index contributed by atoms with van der Waals surface area (Å²) in [4.78, 5) is 0. The molecule has 0 bridgehead atoms. The Hall–Kier alpha value is -0.0331. The third-order valence-corrected chi connectivity index (χ3v) is 1.77. The second kappa shape index (κ2) is 3.08. The molecule has 0 aromatic heterocycles. The molecule has 5 heteroatoms. The molecule has 0 unspecified atom stereocenters. The topological polar surface area (TPSA) is 9.23 Å². The summed E-state index contributed by atoms with van der Waals surface area (Å²) >= 11 is 0. The zero-order chi connectivity index (χ0) is 6.62. The van der Waals surface area contributed by atoms with E-state index in [9.17, 15) is 13.2 Å². The minimum absolute atomic E-state index is 0.719. The summed E-state index contributed by atoms with van der Waals surface area (Å²) in [6, 6.07) is -0.719. The van der Waals surface area contributed by atoms with Crippen LogP contribution in [0.4, 0.5) is 13.2 Å². The van der Waals surface area contributed by atoms with Crippen LogP contribution in [0, 0.1) is 0 Å². The maximum absolute atomic E-state index is 11.2. The van der Waals surface area contributed by atoms with Crippen molar-refractivity contribution in [2.45, 2.75) is 12.2 Å². The largest absolute Gasteiger partial charge is 0.427 e. The third-order valence-electron chi connectivity index (χ3n) is 0.590. The summed E-state index contributed by atoms with van der Waals surface area (Å²) in [6.45, 7) is 0. The molecule has 0 aromatic rings. The van der Waals surface area contributed by atoms with Gasteiger partial charge in [-0.25, -0.2) is 0 Å². The molecule has 0 spiro atoms. The van der Waals surface area contributed by atoms with Crippen LogP contribution in [0.3, 0.4) is 0 Å². The molecule has 0 saturated heterocycles. The highest BCUT2D eigenvalue weighted by Gasteiger charge is 2.26. The van der Waals surface area contributed by atoms with Crippen LogP contribution in [-0.4, -0.2) is 23.0 Å². The number of hydrogen-bond acceptors (Lipinski definition) is 1. The van der Waals surface area contributed by atoms with Crippen LogP contribution in [0.5, 0.6) is 0 Å². The fourth-order valence-corrected chi connectivity index (χ4v) is 0.653. The molecule has 0 saturated carbocycles. The van der Waals surface area contributed by atoms with Gasteiger partial charge in [0.1, 0.15) is 0 Å². The summed E-state index contributed by atoms with van der Waals surface area (Å²) in [5.41, 5.74) is 0. The summed E-state index contributed by atoms with van der Waals surface area (Å²) < 4.78 is 37.9. The van der Waals surface area contributed by atoms with E-state index in [-0.39, 0.29) is 0 Å². The number of alkyl halides is 3. The lowest BCUT2D eigenvalue weighted by atomic mass is 10.8. The molecule has 50 valence electrons. The lowest BCUT2D eigenvalue weighted by Gasteiger charge is -2.01. The third kappa shape index (κ3) is 5.97. The maximum atomic E-state index is 11.2. The van der Waals surface area contributed by atoms with Crippen LogP contribution in [0.25, 0.3) is 0 Å². The van der Waals surface area contributed by atoms with Crippen LogP contribution in [0.2, 0.25) is 6.04 Å². The van der Waals surface area contributed by atoms with Crippen LogP contribution in [-0.2, 0) is 4.43 Å². The van der Waals surface area contributed by atoms with Gasteiger partial charge in [-0.15, -0.1) is 0 Å². The molecule has 1 nitrogen and oxygen atoms in total. The standard InChI is InChI=1S/C3H7F3OSi/c1-7-8-2-3(4,5)6/h2,8H2,1H3. The van der Waals surface area contributed by atoms with Crippen molar-refractivity contribution < 1.29 is 17.6 Å². The predicted molar refractivity (Wildman–Crippen MR) is 26.4 cm³/mol. The number of rotatable bonds is 2. The normalized spacial score (nSPS) is 13.5. The van der Waals surface area contributed by atoms with E-state index >= 15 is 0 Å². The minimum Gasteiger partial charge on any atom is -0.427 e. The summed E-state index contributed by atoms with van der Waals surface area (Å²) in [5, 5.41) is 0. The van der Waals surface area contributed by atoms with Crippen molar-refractivity contribution in [2.75, 3.05) is 7.11 Å². The van der Waals surface area contributed by atoms with Gasteiger partial charge >= 0.3 is 6.18 Å². The van der Waals surface area contributed by atoms with E-state index in [1.165, 1.54) is 7.11 Å². The van der Waals surface area contributed by atoms with E-state index in [0.717, 1.165) is 0 Å². The van der Waals surface area contributed by atoms with E-state index < -0.39 is 22.0 Å². The highest BCUT2D eigenvalue weighted by Crippen LogP contribution is 2.18. The fourth-order valence-electron chi connectivity index (χ4n) is 0.218. The van der Waals surface area contributed by atoms with E-state index in [1.807, 2.05) is 0 Å². The molecule has 0 aromatic carbocycles. The van der Waals surface area contributed by atoms with E-state index in [4.69, 9.17) is 0 Å². The summed E-state index contributed by atoms with van der Waals surface area (Å²) in [5.74, 6) is 0. The van der Waals surface area contributed by atoms with Gasteiger partial charge in [-0.05, 0) is 0 Å². The molecule has 0 radical (unpaired) electrons. The van der Waals surface area contributed by atoms with Gasteiger partial charge < -0.3 is 4.43 Å². The first-order chi connectivity index (χ1) is 3.56. The van der Waals surface area contributed by atoms with E-state index in [1.54, 1.807) is 0 Å². The lowest BCUT2D eigenvalue weighted by Crippen LogP contribution is -2.11. The molecule has 0 heterocycles. The SMILES string of the molecule is CO[SiH2]CC(F)(F)F. The Balaban J connectivity index is 3.11. The average Bonchev–Trinajstić information content (AvgIpc) is 1.59. The van der Waals surface area contributed by atoms with Gasteiger partial charge in [0.05, 0.1) is 6.04 Å². The molecule has 0 amide bonds. The average molecular weight is 144 g/mol. The van der Waals surface area contributed by atoms with Crippen molar-refractivity contribution in [3.05, 3.63) is 0 Å². The fraction of sp³-hybridized carbons (Fsp3) is 1.00. The smallest absolute Gasteiger partial charge is 0.388 e. The maximum Gasteiger partial charge on any atom is 0.388 e. The summed E-state index contributed by atoms with van der Waals surface area (Å²) in [6.07, 6.45) is -4.01. The van der Waals surface area contributed by atoms with Gasteiger partial charge in [-0.3, -0.25) is 0 Å². The van der Waals surface area contributed by atoms with Crippen molar-refractivity contribution >= 4 is 9.76 Å². The molecule has 0 aliphatic heterocycles. The van der Waals surface area contributed by atoms with Gasteiger partial charge in [-0.2, -0.15) is 13.2 Å². The van der Waals surface area contributed by atoms with Gasteiger partial charge in [0.15, 0.2) is 9.76 Å². The zero-order valence-electron chi connectivity index (χ0n) is 4.46. The van der Waals surface area contributed by atoms with Crippen LogP contribution < -0.4 is 0 Å². The monoisotopic (exact) mass is 144 g/mol. The van der Waals surface area contributed by atoms with E-state index in [2.05, 4.69) is 4.43 Å². The van der Waals surface area contributed by atoms with Gasteiger partial charge in [0.25, 0.3) is 0 Å². The van der Waals surface area contributed by atoms with Gasteiger partial charge in [0.2, 0.25) is 0 Å². The molecular weight excluding hydrogens is 137 g/mol. The second-order valence-corrected chi connectivity index (χ2v) is 2.84. The van der Waals surface area contributed by atoms with Crippen LogP contribution >= 0.6 is 0 Å². The predicted octanol–water partition coefficient (Wildman–Crippen LogP) is 0.697. The summed E-state index contributed by atoms with van der Waals surface area (Å²) in [7, 11) is -0.00395. The van der Waals surface area contributed by atoms with Crippen molar-refractivity contribution in [2.24, 2.45) is 0 Å². The van der Waals surface area contributed by atoms with Gasteiger partial charge in [-0.1, -0.05) is 0 Å². The Labute approximate surface area is 47.8 Å². The molecular formula is C3H7F3OSi. The highest BCUT2D eigenvalue weighted by molar-refractivity contribution is 6.27. The van der Waals surface area contributed by atoms with Crippen molar-refractivity contribution in [3.8, 4) is 0 Å². The highest BCUT2D eigenvalue weighted by atomic mass is 28.2. The van der Waals surface area contributed by atoms with Crippen molar-refractivity contribution in [3.63, 3.8) is 0 Å². The first kappa shape index (κ1) is 7.97. The van der Waals surface area contributed by atoms with Crippen molar-refractivity contribution in [1.29, 1.82) is 0 Å². The molecule has 0 rings (SSSR count). The molecule has 0 fully saturated rings. The first-order valence-corrected chi connectivity index (χ1v) is 3.69. The van der Waals surface area contributed by atoms with E-state index in [0.29, 0.717) is 0 Å². The Morgan fingerprint density at radius 2 is 2.00 bits per heavy atom. The van der Waals surface area contributed by atoms with Crippen LogP contribution in [0.1, 0.15) is 0 Å². The zero-order valence-corrected chi connectivity index (χ0v) is 5.87. The number of halogens is 3. The molecule has 0 aliphatic carbocycles. The number of hydrogen-bond donors (Lipinski definition) is 0. The minimum atomic E-state index is -4.01. The Kier molecular flexibility index (Phi) is 3.07. The Morgan fingerprint density at radius 1 is 1.50 bits per heavy atom. The molecule has 0 atom stereocenters. The molecule has 8 heavy (non-hydrogen) atoms. The second-order valence-electron chi connectivity index (χ2n) is 1.36. The van der Waals surface area contributed by atoms with Crippen molar-refractivity contribution in [1.82, 2.24) is 0 Å². The lowest BCUT2D eigenvalue weighted by molar-refractivity contribution is -0.111. The molecule has 0 aliphatic rings. The first-order valence-electron chi connectivity index (χ1n) is 2.12. The Morgan fingerprint density at radius 3 is 2.12 bits per heavy atom. The Bertz CT molecular complexity index is 62.0. The molecule has 0 N–H and O–H groups in total.